The predicted octanol–water partition coefficient (Wildman–Crippen LogP) is 1.37. The zero-order chi connectivity index (χ0) is 15.2. The van der Waals surface area contributed by atoms with E-state index in [0.717, 1.165) is 18.4 Å². The Hall–Kier alpha value is -1.59. The van der Waals surface area contributed by atoms with Crippen molar-refractivity contribution in [3.05, 3.63) is 34.9 Å². The molecule has 0 bridgehead atoms. The highest BCUT2D eigenvalue weighted by Crippen LogP contribution is 2.37. The molecule has 6 heteroatoms. The summed E-state index contributed by atoms with van der Waals surface area (Å²) in [7, 11) is 0. The highest BCUT2D eigenvalue weighted by molar-refractivity contribution is 6.30. The Morgan fingerprint density at radius 2 is 1.90 bits per heavy atom. The fourth-order valence-corrected chi connectivity index (χ4v) is 2.52. The maximum Gasteiger partial charge on any atom is 0.239 e. The summed E-state index contributed by atoms with van der Waals surface area (Å²) in [4.78, 5) is 23.0. The first-order chi connectivity index (χ1) is 10.1. The molecular weight excluding hydrogens is 290 g/mol. The van der Waals surface area contributed by atoms with Crippen LogP contribution in [-0.2, 0) is 9.59 Å². The van der Waals surface area contributed by atoms with Crippen LogP contribution in [0.5, 0.6) is 0 Å². The Labute approximate surface area is 129 Å². The van der Waals surface area contributed by atoms with Crippen molar-refractivity contribution >= 4 is 23.4 Å². The molecule has 0 spiro atoms. The first-order valence-electron chi connectivity index (χ1n) is 7.11. The maximum atomic E-state index is 12.0. The second-order valence-corrected chi connectivity index (χ2v) is 5.71. The summed E-state index contributed by atoms with van der Waals surface area (Å²) >= 11 is 5.90. The lowest BCUT2D eigenvalue weighted by atomic mass is 9.77. The highest BCUT2D eigenvalue weighted by atomic mass is 35.5. The molecule has 114 valence electrons. The molecule has 1 unspecified atom stereocenters. The molecule has 4 N–H and O–H groups in total. The van der Waals surface area contributed by atoms with Crippen LogP contribution in [0.3, 0.4) is 0 Å². The summed E-state index contributed by atoms with van der Waals surface area (Å²) in [6, 6.07) is 7.49. The molecule has 1 aromatic rings. The fourth-order valence-electron chi connectivity index (χ4n) is 2.39. The van der Waals surface area contributed by atoms with Gasteiger partial charge >= 0.3 is 0 Å². The van der Waals surface area contributed by atoms with Crippen molar-refractivity contribution in [1.82, 2.24) is 10.6 Å². The summed E-state index contributed by atoms with van der Waals surface area (Å²) < 4.78 is 0. The molecule has 1 aliphatic carbocycles. The number of amides is 2. The van der Waals surface area contributed by atoms with Crippen molar-refractivity contribution in [2.45, 2.75) is 25.3 Å². The molecule has 0 aromatic heterocycles. The molecule has 1 atom stereocenters. The molecule has 0 heterocycles. The van der Waals surface area contributed by atoms with E-state index < -0.39 is 0 Å². The van der Waals surface area contributed by atoms with E-state index in [-0.39, 0.29) is 30.9 Å². The van der Waals surface area contributed by atoms with Crippen LogP contribution in [0.25, 0.3) is 0 Å². The van der Waals surface area contributed by atoms with E-state index in [0.29, 0.717) is 10.9 Å². The third kappa shape index (κ3) is 4.44. The smallest absolute Gasteiger partial charge is 0.239 e. The lowest BCUT2D eigenvalue weighted by Crippen LogP contribution is -2.43. The Morgan fingerprint density at radius 3 is 2.43 bits per heavy atom. The van der Waals surface area contributed by atoms with E-state index in [1.54, 1.807) is 0 Å². The normalized spacial score (nSPS) is 15.9. The van der Waals surface area contributed by atoms with E-state index >= 15 is 0 Å². The van der Waals surface area contributed by atoms with Crippen LogP contribution in [0.15, 0.2) is 24.3 Å². The van der Waals surface area contributed by atoms with Gasteiger partial charge in [-0.05, 0) is 36.5 Å². The number of nitrogens with two attached hydrogens (primary N) is 1. The largest absolute Gasteiger partial charge is 0.347 e. The molecule has 5 nitrogen and oxygen atoms in total. The zero-order valence-corrected chi connectivity index (χ0v) is 12.5. The van der Waals surface area contributed by atoms with Crippen molar-refractivity contribution in [3.63, 3.8) is 0 Å². The van der Waals surface area contributed by atoms with Crippen LogP contribution in [0.1, 0.15) is 30.9 Å². The van der Waals surface area contributed by atoms with Gasteiger partial charge in [0.1, 0.15) is 0 Å². The standard InChI is InChI=1S/C15H20ClN3O2/c16-12-6-4-11(5-7-12)15(10-2-1-3-10)19-14(21)9-18-13(20)8-17/h4-7,10,15H,1-3,8-9,17H2,(H,18,20)(H,19,21). The molecule has 1 aromatic carbocycles. The number of carbonyl (C=O) groups excluding carboxylic acids is 2. The Bertz CT molecular complexity index is 500. The molecule has 0 radical (unpaired) electrons. The summed E-state index contributed by atoms with van der Waals surface area (Å²) in [6.45, 7) is -0.163. The van der Waals surface area contributed by atoms with Gasteiger partial charge in [0, 0.05) is 5.02 Å². The summed E-state index contributed by atoms with van der Waals surface area (Å²) in [6.07, 6.45) is 3.39. The first-order valence-corrected chi connectivity index (χ1v) is 7.49. The van der Waals surface area contributed by atoms with Gasteiger partial charge in [0.05, 0.1) is 19.1 Å². The molecule has 1 fully saturated rings. The van der Waals surface area contributed by atoms with Gasteiger partial charge in [-0.15, -0.1) is 0 Å². The van der Waals surface area contributed by atoms with Gasteiger partial charge in [-0.2, -0.15) is 0 Å². The van der Waals surface area contributed by atoms with Gasteiger partial charge in [0.15, 0.2) is 0 Å². The Balaban J connectivity index is 1.98. The predicted molar refractivity (Wildman–Crippen MR) is 81.7 cm³/mol. The third-order valence-electron chi connectivity index (χ3n) is 3.80. The van der Waals surface area contributed by atoms with E-state index in [1.165, 1.54) is 6.42 Å². The van der Waals surface area contributed by atoms with Crippen LogP contribution in [0, 0.1) is 5.92 Å². The van der Waals surface area contributed by atoms with Crippen LogP contribution < -0.4 is 16.4 Å². The van der Waals surface area contributed by atoms with Crippen LogP contribution >= 0.6 is 11.6 Å². The monoisotopic (exact) mass is 309 g/mol. The number of carbonyl (C=O) groups is 2. The maximum absolute atomic E-state index is 12.0. The number of hydrogen-bond donors (Lipinski definition) is 3. The minimum atomic E-state index is -0.336. The van der Waals surface area contributed by atoms with Crippen molar-refractivity contribution in [2.75, 3.05) is 13.1 Å². The average Bonchev–Trinajstić information content (AvgIpc) is 2.43. The van der Waals surface area contributed by atoms with E-state index in [9.17, 15) is 9.59 Å². The van der Waals surface area contributed by atoms with E-state index in [4.69, 9.17) is 17.3 Å². The van der Waals surface area contributed by atoms with Crippen molar-refractivity contribution in [3.8, 4) is 0 Å². The van der Waals surface area contributed by atoms with Crippen LogP contribution in [0.2, 0.25) is 5.02 Å². The van der Waals surface area contributed by atoms with Gasteiger partial charge in [0.25, 0.3) is 0 Å². The number of benzene rings is 1. The number of hydrogen-bond acceptors (Lipinski definition) is 3. The minimum Gasteiger partial charge on any atom is -0.347 e. The Kier molecular flexibility index (Phi) is 5.59. The fraction of sp³-hybridized carbons (Fsp3) is 0.467. The lowest BCUT2D eigenvalue weighted by molar-refractivity contribution is -0.126. The number of halogens is 1. The van der Waals surface area contributed by atoms with Crippen LogP contribution in [-0.4, -0.2) is 24.9 Å². The van der Waals surface area contributed by atoms with Gasteiger partial charge in [-0.1, -0.05) is 30.2 Å². The summed E-state index contributed by atoms with van der Waals surface area (Å²) in [5.41, 5.74) is 6.23. The second-order valence-electron chi connectivity index (χ2n) is 5.27. The average molecular weight is 310 g/mol. The molecule has 0 aliphatic heterocycles. The lowest BCUT2D eigenvalue weighted by Gasteiger charge is -2.34. The molecule has 21 heavy (non-hydrogen) atoms. The third-order valence-corrected chi connectivity index (χ3v) is 4.05. The van der Waals surface area contributed by atoms with Crippen molar-refractivity contribution in [1.29, 1.82) is 0 Å². The van der Waals surface area contributed by atoms with E-state index in [1.807, 2.05) is 24.3 Å². The van der Waals surface area contributed by atoms with Crippen molar-refractivity contribution in [2.24, 2.45) is 11.7 Å². The SMILES string of the molecule is NCC(=O)NCC(=O)NC(c1ccc(Cl)cc1)C1CCC1. The molecule has 1 aliphatic rings. The van der Waals surface area contributed by atoms with Gasteiger partial charge in [-0.3, -0.25) is 9.59 Å². The molecular formula is C15H20ClN3O2. The topological polar surface area (TPSA) is 84.2 Å². The number of nitrogens with one attached hydrogen (secondary N) is 2. The highest BCUT2D eigenvalue weighted by Gasteiger charge is 2.29. The zero-order valence-electron chi connectivity index (χ0n) is 11.8. The van der Waals surface area contributed by atoms with Crippen LogP contribution in [0.4, 0.5) is 0 Å². The van der Waals surface area contributed by atoms with Crippen molar-refractivity contribution < 1.29 is 9.59 Å². The molecule has 0 saturated heterocycles. The van der Waals surface area contributed by atoms with E-state index in [2.05, 4.69) is 10.6 Å². The number of rotatable bonds is 6. The molecule has 1 saturated carbocycles. The summed E-state index contributed by atoms with van der Waals surface area (Å²) in [5, 5.41) is 6.15. The van der Waals surface area contributed by atoms with Gasteiger partial charge in [-0.25, -0.2) is 0 Å². The van der Waals surface area contributed by atoms with Gasteiger partial charge < -0.3 is 16.4 Å². The molecule has 2 amide bonds. The quantitative estimate of drug-likeness (QED) is 0.742. The first kappa shape index (κ1) is 15.8. The summed E-state index contributed by atoms with van der Waals surface area (Å²) in [5.74, 6) is -0.0965. The van der Waals surface area contributed by atoms with Gasteiger partial charge in [0.2, 0.25) is 11.8 Å². The molecule has 2 rings (SSSR count). The second kappa shape index (κ2) is 7.43. The minimum absolute atomic E-state index is 0.0294. The Morgan fingerprint density at radius 1 is 1.24 bits per heavy atom.